The lowest BCUT2D eigenvalue weighted by Crippen LogP contribution is -2.28. The molecule has 41 heavy (non-hydrogen) atoms. The molecule has 0 heterocycles. The molecular formula is C30H62O10S. The first-order chi connectivity index (χ1) is 19.6. The number of ether oxygens (including phenoxy) is 6. The van der Waals surface area contributed by atoms with Gasteiger partial charge < -0.3 is 28.4 Å². The molecule has 0 fully saturated rings. The Bertz CT molecular complexity index is 649. The molecule has 0 rings (SSSR count). The molecule has 0 aromatic heterocycles. The Labute approximate surface area is 251 Å². The highest BCUT2D eigenvalue weighted by molar-refractivity contribution is 7.80. The molecule has 248 valence electrons. The summed E-state index contributed by atoms with van der Waals surface area (Å²) in [4.78, 5) is 0. The van der Waals surface area contributed by atoms with Gasteiger partial charge in [-0.05, 0) is 34.1 Å². The second kappa shape index (κ2) is 28.4. The van der Waals surface area contributed by atoms with Crippen molar-refractivity contribution < 1.29 is 45.6 Å². The van der Waals surface area contributed by atoms with Gasteiger partial charge in [0.05, 0.1) is 77.3 Å². The normalized spacial score (nSPS) is 15.2. The van der Waals surface area contributed by atoms with Crippen molar-refractivity contribution in [3.8, 4) is 0 Å². The Balaban J connectivity index is 3.53. The average molecular weight is 615 g/mol. The average Bonchev–Trinajstić information content (AvgIpc) is 2.92. The predicted octanol–water partition coefficient (Wildman–Crippen LogP) is 6.16. The first-order valence-electron chi connectivity index (χ1n) is 15.9. The second-order valence-corrected chi connectivity index (χ2v) is 12.0. The Hall–Kier alpha value is -0.370. The molecule has 11 heteroatoms. The molecule has 10 nitrogen and oxygen atoms in total. The summed E-state index contributed by atoms with van der Waals surface area (Å²) in [5, 5.41) is 0. The van der Waals surface area contributed by atoms with E-state index in [1.165, 1.54) is 70.6 Å². The lowest BCUT2D eigenvalue weighted by molar-refractivity contribution is -0.0947. The highest BCUT2D eigenvalue weighted by atomic mass is 32.3. The van der Waals surface area contributed by atoms with E-state index in [2.05, 4.69) is 11.1 Å². The zero-order valence-electron chi connectivity index (χ0n) is 26.7. The molecule has 0 bridgehead atoms. The van der Waals surface area contributed by atoms with Crippen LogP contribution in [-0.2, 0) is 43.0 Å². The monoisotopic (exact) mass is 614 g/mol. The maximum absolute atomic E-state index is 10.4. The lowest BCUT2D eigenvalue weighted by atomic mass is 10.1. The molecule has 0 radical (unpaired) electrons. The van der Waals surface area contributed by atoms with Gasteiger partial charge in [-0.25, -0.2) is 4.18 Å². The van der Waals surface area contributed by atoms with Crippen molar-refractivity contribution in [2.75, 3.05) is 59.5 Å². The number of hydrogen-bond donors (Lipinski definition) is 1. The lowest BCUT2D eigenvalue weighted by Gasteiger charge is -2.21. The summed E-state index contributed by atoms with van der Waals surface area (Å²) in [7, 11) is -4.43. The van der Waals surface area contributed by atoms with Gasteiger partial charge in [-0.15, -0.1) is 0 Å². The van der Waals surface area contributed by atoms with Crippen LogP contribution < -0.4 is 0 Å². The minimum Gasteiger partial charge on any atom is -0.379 e. The fraction of sp³-hybridized carbons (Fsp3) is 1.00. The summed E-state index contributed by atoms with van der Waals surface area (Å²) < 4.78 is 67.5. The minimum absolute atomic E-state index is 0.0317. The van der Waals surface area contributed by atoms with E-state index in [4.69, 9.17) is 33.0 Å². The fourth-order valence-corrected chi connectivity index (χ4v) is 4.27. The van der Waals surface area contributed by atoms with Crippen molar-refractivity contribution in [2.45, 2.75) is 136 Å². The van der Waals surface area contributed by atoms with Crippen LogP contribution in [-0.4, -0.2) is 96.8 Å². The van der Waals surface area contributed by atoms with Crippen molar-refractivity contribution in [2.24, 2.45) is 0 Å². The Kier molecular flexibility index (Phi) is 28.1. The van der Waals surface area contributed by atoms with E-state index in [1.54, 1.807) is 0 Å². The van der Waals surface area contributed by atoms with Crippen molar-refractivity contribution in [1.82, 2.24) is 0 Å². The Morgan fingerprint density at radius 1 is 0.488 bits per heavy atom. The third kappa shape index (κ3) is 32.4. The third-order valence-corrected chi connectivity index (χ3v) is 6.90. The molecule has 0 spiro atoms. The van der Waals surface area contributed by atoms with Gasteiger partial charge in [-0.1, -0.05) is 77.6 Å². The topological polar surface area (TPSA) is 119 Å². The fourth-order valence-electron chi connectivity index (χ4n) is 3.99. The molecule has 0 aliphatic heterocycles. The SMILES string of the molecule is CCCCCCCCCCCCCCOCC(C)OCC(C)OCC(C)OCC(C)OCCOCCOS(=O)(=O)O. The largest absolute Gasteiger partial charge is 0.397 e. The summed E-state index contributed by atoms with van der Waals surface area (Å²) >= 11 is 0. The van der Waals surface area contributed by atoms with Crippen LogP contribution in [0.25, 0.3) is 0 Å². The quantitative estimate of drug-likeness (QED) is 0.0697. The predicted molar refractivity (Wildman–Crippen MR) is 162 cm³/mol. The van der Waals surface area contributed by atoms with E-state index in [0.717, 1.165) is 13.0 Å². The summed E-state index contributed by atoms with van der Waals surface area (Å²) in [5.74, 6) is 0. The van der Waals surface area contributed by atoms with Crippen molar-refractivity contribution >= 4 is 10.4 Å². The van der Waals surface area contributed by atoms with E-state index >= 15 is 0 Å². The van der Waals surface area contributed by atoms with Gasteiger partial charge in [0.1, 0.15) is 0 Å². The van der Waals surface area contributed by atoms with Gasteiger partial charge in [0.2, 0.25) is 0 Å². The van der Waals surface area contributed by atoms with Gasteiger partial charge >= 0.3 is 10.4 Å². The van der Waals surface area contributed by atoms with Crippen LogP contribution in [0.4, 0.5) is 0 Å². The van der Waals surface area contributed by atoms with Crippen LogP contribution in [0, 0.1) is 0 Å². The molecule has 0 aromatic carbocycles. The number of rotatable bonds is 32. The summed E-state index contributed by atoms with van der Waals surface area (Å²) in [6, 6.07) is 0. The van der Waals surface area contributed by atoms with Crippen LogP contribution in [0.1, 0.15) is 112 Å². The van der Waals surface area contributed by atoms with Crippen molar-refractivity contribution in [1.29, 1.82) is 0 Å². The smallest absolute Gasteiger partial charge is 0.379 e. The van der Waals surface area contributed by atoms with Crippen LogP contribution in [0.5, 0.6) is 0 Å². The molecule has 0 aromatic rings. The van der Waals surface area contributed by atoms with Gasteiger partial charge in [-0.3, -0.25) is 4.55 Å². The molecular weight excluding hydrogens is 552 g/mol. The minimum atomic E-state index is -4.43. The number of unbranched alkanes of at least 4 members (excludes halogenated alkanes) is 11. The first-order valence-corrected chi connectivity index (χ1v) is 17.2. The van der Waals surface area contributed by atoms with E-state index in [0.29, 0.717) is 33.0 Å². The summed E-state index contributed by atoms with van der Waals surface area (Å²) in [5.41, 5.74) is 0. The maximum Gasteiger partial charge on any atom is 0.397 e. The van der Waals surface area contributed by atoms with Crippen molar-refractivity contribution in [3.05, 3.63) is 0 Å². The molecule has 1 N–H and O–H groups in total. The summed E-state index contributed by atoms with van der Waals surface area (Å²) in [6.07, 6.45) is 15.9. The van der Waals surface area contributed by atoms with Gasteiger partial charge in [0, 0.05) is 6.61 Å². The van der Waals surface area contributed by atoms with E-state index in [-0.39, 0.29) is 44.2 Å². The first kappa shape index (κ1) is 40.6. The third-order valence-electron chi connectivity index (χ3n) is 6.43. The van der Waals surface area contributed by atoms with Crippen LogP contribution >= 0.6 is 0 Å². The number of hydrogen-bond acceptors (Lipinski definition) is 9. The van der Waals surface area contributed by atoms with Crippen LogP contribution in [0.2, 0.25) is 0 Å². The van der Waals surface area contributed by atoms with E-state index in [9.17, 15) is 8.42 Å². The van der Waals surface area contributed by atoms with Gasteiger partial charge in [-0.2, -0.15) is 8.42 Å². The molecule has 0 saturated carbocycles. The zero-order chi connectivity index (χ0) is 30.6. The molecule has 0 aliphatic carbocycles. The zero-order valence-corrected chi connectivity index (χ0v) is 27.5. The van der Waals surface area contributed by atoms with E-state index < -0.39 is 10.4 Å². The Morgan fingerprint density at radius 2 is 0.902 bits per heavy atom. The second-order valence-electron chi connectivity index (χ2n) is 10.9. The van der Waals surface area contributed by atoms with Crippen LogP contribution in [0.15, 0.2) is 0 Å². The molecule has 4 unspecified atom stereocenters. The van der Waals surface area contributed by atoms with Gasteiger partial charge in [0.25, 0.3) is 0 Å². The molecule has 0 amide bonds. The van der Waals surface area contributed by atoms with Crippen LogP contribution in [0.3, 0.4) is 0 Å². The highest BCUT2D eigenvalue weighted by Gasteiger charge is 2.12. The standard InChI is InChI=1S/C30H62O10S/c1-6-7-8-9-10-11-12-13-14-15-16-17-18-35-23-27(2)37-25-29(4)39-26-30(5)38-24-28(3)36-21-19-34-20-22-40-41(31,32)33/h27-30H,6-26H2,1-5H3,(H,31,32,33). The molecule has 0 saturated heterocycles. The molecule has 4 atom stereocenters. The molecule has 0 aliphatic rings. The Morgan fingerprint density at radius 3 is 1.39 bits per heavy atom. The van der Waals surface area contributed by atoms with E-state index in [1.807, 2.05) is 27.7 Å². The summed E-state index contributed by atoms with van der Waals surface area (Å²) in [6.45, 7) is 13.3. The highest BCUT2D eigenvalue weighted by Crippen LogP contribution is 2.12. The van der Waals surface area contributed by atoms with Gasteiger partial charge in [0.15, 0.2) is 0 Å². The maximum atomic E-state index is 10.4. The van der Waals surface area contributed by atoms with Crippen molar-refractivity contribution in [3.63, 3.8) is 0 Å².